The summed E-state index contributed by atoms with van der Waals surface area (Å²) < 4.78 is 5.42. The van der Waals surface area contributed by atoms with Gasteiger partial charge in [0.15, 0.2) is 0 Å². The van der Waals surface area contributed by atoms with Crippen molar-refractivity contribution in [2.75, 3.05) is 26.7 Å². The average Bonchev–Trinajstić information content (AvgIpc) is 3.03. The van der Waals surface area contributed by atoms with Gasteiger partial charge in [-0.05, 0) is 28.7 Å². The van der Waals surface area contributed by atoms with Crippen LogP contribution < -0.4 is 5.32 Å². The van der Waals surface area contributed by atoms with Gasteiger partial charge in [0.25, 0.3) is 0 Å². The lowest BCUT2D eigenvalue weighted by molar-refractivity contribution is -0.143. The molecule has 0 unspecified atom stereocenters. The van der Waals surface area contributed by atoms with E-state index >= 15 is 0 Å². The van der Waals surface area contributed by atoms with Crippen molar-refractivity contribution in [3.63, 3.8) is 0 Å². The Morgan fingerprint density at radius 2 is 1.62 bits per heavy atom. The summed E-state index contributed by atoms with van der Waals surface area (Å²) in [7, 11) is 1.44. The second-order valence-electron chi connectivity index (χ2n) is 7.00. The lowest BCUT2D eigenvalue weighted by Gasteiger charge is -2.15. The van der Waals surface area contributed by atoms with Crippen molar-refractivity contribution < 1.29 is 24.2 Å². The Hall–Kier alpha value is -3.35. The Morgan fingerprint density at radius 3 is 2.21 bits per heavy atom. The molecule has 0 aliphatic heterocycles. The fourth-order valence-electron chi connectivity index (χ4n) is 3.56. The quantitative estimate of drug-likeness (QED) is 0.669. The van der Waals surface area contributed by atoms with E-state index in [-0.39, 0.29) is 37.9 Å². The zero-order chi connectivity index (χ0) is 20.8. The van der Waals surface area contributed by atoms with Crippen LogP contribution >= 0.6 is 0 Å². The normalized spacial score (nSPS) is 12.0. The highest BCUT2D eigenvalue weighted by Crippen LogP contribution is 2.44. The van der Waals surface area contributed by atoms with E-state index in [4.69, 9.17) is 9.84 Å². The number of amides is 2. The van der Waals surface area contributed by atoms with Crippen LogP contribution in [0.2, 0.25) is 0 Å². The molecule has 0 saturated carbocycles. The second kappa shape index (κ2) is 9.23. The number of benzene rings is 2. The van der Waals surface area contributed by atoms with E-state index in [2.05, 4.69) is 29.6 Å². The zero-order valence-corrected chi connectivity index (χ0v) is 16.3. The number of likely N-dealkylation sites (N-methyl/N-ethyl adjacent to an activating group) is 1. The van der Waals surface area contributed by atoms with Crippen LogP contribution in [0.15, 0.2) is 48.5 Å². The first-order valence-corrected chi connectivity index (χ1v) is 9.52. The highest BCUT2D eigenvalue weighted by molar-refractivity contribution is 5.81. The van der Waals surface area contributed by atoms with Crippen molar-refractivity contribution in [2.24, 2.45) is 0 Å². The van der Waals surface area contributed by atoms with Crippen molar-refractivity contribution in [1.29, 1.82) is 0 Å². The van der Waals surface area contributed by atoms with Gasteiger partial charge in [-0.3, -0.25) is 9.59 Å². The lowest BCUT2D eigenvalue weighted by atomic mass is 9.98. The second-order valence-corrected chi connectivity index (χ2v) is 7.00. The van der Waals surface area contributed by atoms with Crippen LogP contribution in [0.4, 0.5) is 4.79 Å². The number of carboxylic acid groups (broad SMARTS) is 1. The molecule has 7 heteroatoms. The molecular weight excluding hydrogens is 372 g/mol. The van der Waals surface area contributed by atoms with Crippen LogP contribution in [0.1, 0.15) is 29.9 Å². The summed E-state index contributed by atoms with van der Waals surface area (Å²) in [5.74, 6) is -1.33. The Balaban J connectivity index is 1.46. The molecule has 0 spiro atoms. The Bertz CT molecular complexity index is 866. The van der Waals surface area contributed by atoms with Crippen LogP contribution in [0.3, 0.4) is 0 Å². The molecule has 1 aliphatic rings. The van der Waals surface area contributed by atoms with Gasteiger partial charge in [0, 0.05) is 25.9 Å². The van der Waals surface area contributed by atoms with Gasteiger partial charge in [0.05, 0.1) is 0 Å². The maximum absolute atomic E-state index is 12.0. The number of nitrogens with one attached hydrogen (secondary N) is 1. The minimum Gasteiger partial charge on any atom is -0.480 e. The van der Waals surface area contributed by atoms with Crippen LogP contribution in [0.25, 0.3) is 11.1 Å². The van der Waals surface area contributed by atoms with Crippen LogP contribution in [-0.2, 0) is 14.3 Å². The highest BCUT2D eigenvalue weighted by atomic mass is 16.5. The molecule has 0 bridgehead atoms. The van der Waals surface area contributed by atoms with Crippen molar-refractivity contribution in [3.8, 4) is 11.1 Å². The molecule has 2 amide bonds. The van der Waals surface area contributed by atoms with Gasteiger partial charge in [-0.15, -0.1) is 0 Å². The maximum atomic E-state index is 12.0. The Morgan fingerprint density at radius 1 is 1.03 bits per heavy atom. The van der Waals surface area contributed by atoms with E-state index in [9.17, 15) is 14.4 Å². The minimum absolute atomic E-state index is 0.000559. The molecule has 7 nitrogen and oxygen atoms in total. The monoisotopic (exact) mass is 396 g/mol. The highest BCUT2D eigenvalue weighted by Gasteiger charge is 2.28. The number of carbonyl (C=O) groups excluding carboxylic acids is 2. The molecule has 2 N–H and O–H groups in total. The lowest BCUT2D eigenvalue weighted by Crippen LogP contribution is -2.33. The van der Waals surface area contributed by atoms with Crippen molar-refractivity contribution in [3.05, 3.63) is 59.7 Å². The van der Waals surface area contributed by atoms with E-state index in [1.165, 1.54) is 18.2 Å². The summed E-state index contributed by atoms with van der Waals surface area (Å²) in [5, 5.41) is 11.3. The van der Waals surface area contributed by atoms with Gasteiger partial charge < -0.3 is 20.1 Å². The molecule has 2 aromatic carbocycles. The van der Waals surface area contributed by atoms with E-state index in [1.54, 1.807) is 0 Å². The number of nitrogens with zero attached hydrogens (tertiary/aromatic N) is 1. The van der Waals surface area contributed by atoms with Crippen LogP contribution in [0.5, 0.6) is 0 Å². The number of aliphatic carboxylic acids is 1. The fraction of sp³-hybridized carbons (Fsp3) is 0.318. The number of hydrogen-bond acceptors (Lipinski definition) is 4. The van der Waals surface area contributed by atoms with Crippen molar-refractivity contribution >= 4 is 18.0 Å². The van der Waals surface area contributed by atoms with Crippen LogP contribution in [-0.4, -0.2) is 54.7 Å². The maximum Gasteiger partial charge on any atom is 0.407 e. The topological polar surface area (TPSA) is 95.9 Å². The zero-order valence-electron chi connectivity index (χ0n) is 16.3. The van der Waals surface area contributed by atoms with Gasteiger partial charge in [0.1, 0.15) is 13.2 Å². The molecule has 3 rings (SSSR count). The van der Waals surface area contributed by atoms with E-state index in [1.807, 2.05) is 24.3 Å². The molecular formula is C22H24N2O5. The largest absolute Gasteiger partial charge is 0.480 e. The summed E-state index contributed by atoms with van der Waals surface area (Å²) in [6.45, 7) is 0.183. The van der Waals surface area contributed by atoms with Gasteiger partial charge in [-0.25, -0.2) is 4.79 Å². The van der Waals surface area contributed by atoms with Crippen LogP contribution in [0, 0.1) is 0 Å². The third-order valence-corrected chi connectivity index (χ3v) is 4.98. The number of ether oxygens (including phenoxy) is 1. The summed E-state index contributed by atoms with van der Waals surface area (Å²) in [6, 6.07) is 16.2. The third-order valence-electron chi connectivity index (χ3n) is 4.98. The number of alkyl carbamates (subject to hydrolysis) is 1. The SMILES string of the molecule is CN(CC(=O)O)C(=O)CCCNC(=O)OCC1c2ccccc2-c2ccccc21. The summed E-state index contributed by atoms with van der Waals surface area (Å²) >= 11 is 0. The molecule has 0 atom stereocenters. The Kier molecular flexibility index (Phi) is 6.49. The summed E-state index contributed by atoms with van der Waals surface area (Å²) in [5.41, 5.74) is 4.63. The smallest absolute Gasteiger partial charge is 0.407 e. The fourth-order valence-corrected chi connectivity index (χ4v) is 3.56. The standard InChI is InChI=1S/C22H24N2O5/c1-24(13-21(26)27)20(25)11-6-12-23-22(28)29-14-19-17-9-4-2-7-15(17)16-8-3-5-10-18(16)19/h2-5,7-10,19H,6,11-14H2,1H3,(H,23,28)(H,26,27). The molecule has 1 aliphatic carbocycles. The average molecular weight is 396 g/mol. The molecule has 0 radical (unpaired) electrons. The number of carbonyl (C=O) groups is 3. The molecule has 152 valence electrons. The van der Waals surface area contributed by atoms with Gasteiger partial charge >= 0.3 is 12.1 Å². The number of rotatable bonds is 8. The summed E-state index contributed by atoms with van der Waals surface area (Å²) in [4.78, 5) is 35.6. The molecule has 0 aromatic heterocycles. The first-order valence-electron chi connectivity index (χ1n) is 9.52. The molecule has 29 heavy (non-hydrogen) atoms. The Labute approximate surface area is 169 Å². The van der Waals surface area contributed by atoms with E-state index in [0.29, 0.717) is 6.42 Å². The number of carboxylic acids is 1. The van der Waals surface area contributed by atoms with Crippen molar-refractivity contribution in [2.45, 2.75) is 18.8 Å². The predicted molar refractivity (Wildman–Crippen MR) is 108 cm³/mol. The minimum atomic E-state index is -1.06. The molecule has 0 fully saturated rings. The molecule has 0 saturated heterocycles. The first-order chi connectivity index (χ1) is 14.0. The van der Waals surface area contributed by atoms with E-state index in [0.717, 1.165) is 16.0 Å². The number of hydrogen-bond donors (Lipinski definition) is 2. The molecule has 2 aromatic rings. The van der Waals surface area contributed by atoms with Gasteiger partial charge in [-0.1, -0.05) is 48.5 Å². The third kappa shape index (κ3) is 4.93. The van der Waals surface area contributed by atoms with Gasteiger partial charge in [-0.2, -0.15) is 0 Å². The van der Waals surface area contributed by atoms with Crippen molar-refractivity contribution in [1.82, 2.24) is 10.2 Å². The van der Waals surface area contributed by atoms with Gasteiger partial charge in [0.2, 0.25) is 5.91 Å². The summed E-state index contributed by atoms with van der Waals surface area (Å²) in [6.07, 6.45) is 0.0404. The predicted octanol–water partition coefficient (Wildman–Crippen LogP) is 2.85. The first kappa shape index (κ1) is 20.4. The number of fused-ring (bicyclic) bond motifs is 3. The van der Waals surface area contributed by atoms with E-state index < -0.39 is 12.1 Å². The molecule has 0 heterocycles.